The highest BCUT2D eigenvalue weighted by molar-refractivity contribution is 6.30. The van der Waals surface area contributed by atoms with Gasteiger partial charge in [0.05, 0.1) is 5.60 Å². The predicted octanol–water partition coefficient (Wildman–Crippen LogP) is 2.66. The van der Waals surface area contributed by atoms with E-state index in [2.05, 4.69) is 0 Å². The second-order valence-electron chi connectivity index (χ2n) is 6.86. The van der Waals surface area contributed by atoms with E-state index in [0.717, 1.165) is 31.6 Å². The lowest BCUT2D eigenvalue weighted by atomic mass is 9.93. The van der Waals surface area contributed by atoms with Gasteiger partial charge in [0.15, 0.2) is 0 Å². The normalized spacial score (nSPS) is 25.7. The number of rotatable bonds is 4. The van der Waals surface area contributed by atoms with Crippen LogP contribution in [0.5, 0.6) is 0 Å². The van der Waals surface area contributed by atoms with E-state index in [9.17, 15) is 9.90 Å². The minimum Gasteiger partial charge on any atom is -0.388 e. The number of halogens is 1. The maximum Gasteiger partial charge on any atom is 0.222 e. The molecule has 1 atom stereocenters. The van der Waals surface area contributed by atoms with Gasteiger partial charge in [-0.15, -0.1) is 0 Å². The number of benzene rings is 1. The van der Waals surface area contributed by atoms with Gasteiger partial charge in [0.25, 0.3) is 0 Å². The molecule has 5 heteroatoms. The van der Waals surface area contributed by atoms with Crippen molar-refractivity contribution in [3.63, 3.8) is 0 Å². The molecule has 126 valence electrons. The molecule has 0 aliphatic carbocycles. The maximum atomic E-state index is 12.5. The first kappa shape index (κ1) is 16.7. The Balaban J connectivity index is 1.55. The number of hydrogen-bond acceptors (Lipinski definition) is 3. The van der Waals surface area contributed by atoms with Gasteiger partial charge >= 0.3 is 0 Å². The van der Waals surface area contributed by atoms with E-state index < -0.39 is 5.60 Å². The molecule has 2 heterocycles. The Hall–Kier alpha value is -1.10. The molecule has 2 aliphatic rings. The van der Waals surface area contributed by atoms with Crippen LogP contribution in [0.25, 0.3) is 0 Å². The molecule has 1 aromatic rings. The lowest BCUT2D eigenvalue weighted by Crippen LogP contribution is -2.38. The SMILES string of the molecule is O=C(CC1CCOCC1)N1CCC(O)(Cc2cccc(Cl)c2)C1. The van der Waals surface area contributed by atoms with Crippen LogP contribution < -0.4 is 0 Å². The lowest BCUT2D eigenvalue weighted by molar-refractivity contribution is -0.132. The van der Waals surface area contributed by atoms with Gasteiger partial charge in [-0.25, -0.2) is 0 Å². The van der Waals surface area contributed by atoms with Gasteiger partial charge in [-0.3, -0.25) is 4.79 Å². The second kappa shape index (κ2) is 7.20. The lowest BCUT2D eigenvalue weighted by Gasteiger charge is -2.26. The Morgan fingerprint density at radius 3 is 2.91 bits per heavy atom. The molecule has 1 unspecified atom stereocenters. The zero-order valence-corrected chi connectivity index (χ0v) is 14.1. The van der Waals surface area contributed by atoms with Gasteiger partial charge in [-0.2, -0.15) is 0 Å². The van der Waals surface area contributed by atoms with Gasteiger partial charge in [0.2, 0.25) is 5.91 Å². The number of nitrogens with zero attached hydrogens (tertiary/aromatic N) is 1. The number of amides is 1. The maximum absolute atomic E-state index is 12.5. The van der Waals surface area contributed by atoms with Crippen LogP contribution in [0.4, 0.5) is 0 Å². The summed E-state index contributed by atoms with van der Waals surface area (Å²) < 4.78 is 5.34. The summed E-state index contributed by atoms with van der Waals surface area (Å²) in [7, 11) is 0. The van der Waals surface area contributed by atoms with E-state index in [4.69, 9.17) is 16.3 Å². The first-order valence-electron chi connectivity index (χ1n) is 8.36. The molecule has 1 aromatic carbocycles. The summed E-state index contributed by atoms with van der Waals surface area (Å²) in [5.41, 5.74) is 0.175. The van der Waals surface area contributed by atoms with Crippen molar-refractivity contribution in [1.29, 1.82) is 0 Å². The highest BCUT2D eigenvalue weighted by atomic mass is 35.5. The zero-order valence-electron chi connectivity index (χ0n) is 13.3. The minimum absolute atomic E-state index is 0.166. The Kier molecular flexibility index (Phi) is 5.24. The Morgan fingerprint density at radius 1 is 1.39 bits per heavy atom. The Bertz CT molecular complexity index is 559. The molecule has 2 saturated heterocycles. The number of hydrogen-bond donors (Lipinski definition) is 1. The summed E-state index contributed by atoms with van der Waals surface area (Å²) in [5.74, 6) is 0.594. The van der Waals surface area contributed by atoms with Crippen LogP contribution in [0, 0.1) is 5.92 Å². The topological polar surface area (TPSA) is 49.8 Å². The molecule has 0 aromatic heterocycles. The first-order chi connectivity index (χ1) is 11.0. The zero-order chi connectivity index (χ0) is 16.3. The summed E-state index contributed by atoms with van der Waals surface area (Å²) in [4.78, 5) is 14.3. The first-order valence-corrected chi connectivity index (χ1v) is 8.74. The summed E-state index contributed by atoms with van der Waals surface area (Å²) in [6.07, 6.45) is 3.67. The average molecular weight is 338 g/mol. The molecule has 0 radical (unpaired) electrons. The van der Waals surface area contributed by atoms with E-state index in [1.807, 2.05) is 29.2 Å². The molecule has 3 rings (SSSR count). The van der Waals surface area contributed by atoms with Gasteiger partial charge in [-0.1, -0.05) is 23.7 Å². The van der Waals surface area contributed by atoms with Crippen LogP contribution in [0.2, 0.25) is 5.02 Å². The Morgan fingerprint density at radius 2 is 2.17 bits per heavy atom. The van der Waals surface area contributed by atoms with Crippen molar-refractivity contribution in [2.75, 3.05) is 26.3 Å². The van der Waals surface area contributed by atoms with Crippen molar-refractivity contribution in [3.05, 3.63) is 34.9 Å². The third-order valence-corrected chi connectivity index (χ3v) is 5.15. The van der Waals surface area contributed by atoms with Crippen LogP contribution in [0.1, 0.15) is 31.2 Å². The van der Waals surface area contributed by atoms with Gasteiger partial charge in [0.1, 0.15) is 0 Å². The molecular formula is C18H24ClNO3. The molecule has 1 N–H and O–H groups in total. The number of aliphatic hydroxyl groups is 1. The number of ether oxygens (including phenoxy) is 1. The van der Waals surface area contributed by atoms with Crippen LogP contribution >= 0.6 is 11.6 Å². The van der Waals surface area contributed by atoms with Gasteiger partial charge in [-0.05, 0) is 42.9 Å². The van der Waals surface area contributed by atoms with E-state index in [1.54, 1.807) is 0 Å². The van der Waals surface area contributed by atoms with Crippen LogP contribution in [0.3, 0.4) is 0 Å². The van der Waals surface area contributed by atoms with E-state index in [-0.39, 0.29) is 5.91 Å². The molecule has 0 bridgehead atoms. The third kappa shape index (κ3) is 4.46. The summed E-state index contributed by atoms with van der Waals surface area (Å²) >= 11 is 6.01. The Labute approximate surface area is 142 Å². The van der Waals surface area contributed by atoms with Crippen molar-refractivity contribution in [2.45, 2.75) is 37.7 Å². The summed E-state index contributed by atoms with van der Waals surface area (Å²) in [5, 5.41) is 11.5. The minimum atomic E-state index is -0.837. The number of likely N-dealkylation sites (tertiary alicyclic amines) is 1. The fourth-order valence-corrected chi connectivity index (χ4v) is 3.78. The monoisotopic (exact) mass is 337 g/mol. The quantitative estimate of drug-likeness (QED) is 0.919. The van der Waals surface area contributed by atoms with Crippen molar-refractivity contribution in [3.8, 4) is 0 Å². The van der Waals surface area contributed by atoms with Gasteiger partial charge in [0, 0.05) is 44.2 Å². The van der Waals surface area contributed by atoms with Crippen LogP contribution in [0.15, 0.2) is 24.3 Å². The number of β-amino-alcohol motifs (C(OH)–C–C–N with tert-alkyl or cyclic N) is 1. The molecule has 0 saturated carbocycles. The van der Waals surface area contributed by atoms with Crippen molar-refractivity contribution >= 4 is 17.5 Å². The fraction of sp³-hybridized carbons (Fsp3) is 0.611. The molecule has 23 heavy (non-hydrogen) atoms. The highest BCUT2D eigenvalue weighted by Crippen LogP contribution is 2.28. The van der Waals surface area contributed by atoms with E-state index in [1.165, 1.54) is 0 Å². The van der Waals surface area contributed by atoms with E-state index in [0.29, 0.717) is 43.3 Å². The van der Waals surface area contributed by atoms with Crippen molar-refractivity contribution in [1.82, 2.24) is 4.90 Å². The molecular weight excluding hydrogens is 314 g/mol. The van der Waals surface area contributed by atoms with Crippen molar-refractivity contribution < 1.29 is 14.6 Å². The molecule has 4 nitrogen and oxygen atoms in total. The molecule has 2 fully saturated rings. The number of carbonyl (C=O) groups is 1. The molecule has 2 aliphatic heterocycles. The summed E-state index contributed by atoms with van der Waals surface area (Å²) in [6, 6.07) is 7.57. The number of carbonyl (C=O) groups excluding carboxylic acids is 1. The summed E-state index contributed by atoms with van der Waals surface area (Å²) in [6.45, 7) is 2.58. The predicted molar refractivity (Wildman–Crippen MR) is 89.5 cm³/mol. The van der Waals surface area contributed by atoms with Crippen molar-refractivity contribution in [2.24, 2.45) is 5.92 Å². The van der Waals surface area contributed by atoms with Crippen LogP contribution in [-0.4, -0.2) is 47.8 Å². The van der Waals surface area contributed by atoms with E-state index >= 15 is 0 Å². The average Bonchev–Trinajstić information content (AvgIpc) is 2.90. The third-order valence-electron chi connectivity index (χ3n) is 4.91. The standard InChI is InChI=1S/C18H24ClNO3/c19-16-3-1-2-15(10-16)12-18(22)6-7-20(13-18)17(21)11-14-4-8-23-9-5-14/h1-3,10,14,22H,4-9,11-13H2. The smallest absolute Gasteiger partial charge is 0.222 e. The van der Waals surface area contributed by atoms with Crippen LogP contribution in [-0.2, 0) is 16.0 Å². The highest BCUT2D eigenvalue weighted by Gasteiger charge is 2.38. The molecule has 0 spiro atoms. The largest absolute Gasteiger partial charge is 0.388 e. The van der Waals surface area contributed by atoms with Gasteiger partial charge < -0.3 is 14.7 Å². The second-order valence-corrected chi connectivity index (χ2v) is 7.29. The molecule has 1 amide bonds. The fourth-order valence-electron chi connectivity index (χ4n) is 3.57.